The molecule has 0 aliphatic heterocycles. The molecule has 35 heavy (non-hydrogen) atoms. The molecule has 0 spiro atoms. The lowest BCUT2D eigenvalue weighted by atomic mass is 10.2. The smallest absolute Gasteiger partial charge is 0.255 e. The van der Waals surface area contributed by atoms with E-state index in [1.54, 1.807) is 13.8 Å². The number of rotatable bonds is 10. The van der Waals surface area contributed by atoms with E-state index in [4.69, 9.17) is 0 Å². The Kier molecular flexibility index (Phi) is 8.44. The van der Waals surface area contributed by atoms with E-state index < -0.39 is 26.0 Å². The van der Waals surface area contributed by atoms with E-state index in [1.165, 1.54) is 64.2 Å². The van der Waals surface area contributed by atoms with Gasteiger partial charge in [0.2, 0.25) is 20.0 Å². The van der Waals surface area contributed by atoms with Crippen molar-refractivity contribution in [2.45, 2.75) is 30.2 Å². The molecule has 0 fully saturated rings. The summed E-state index contributed by atoms with van der Waals surface area (Å²) in [5.41, 5.74) is 1.56. The monoisotopic (exact) mass is 515 g/mol. The third-order valence-corrected chi connectivity index (χ3v) is 9.41. The summed E-state index contributed by atoms with van der Waals surface area (Å²) >= 11 is 0. The molecule has 8 nitrogen and oxygen atoms in total. The maximum Gasteiger partial charge on any atom is 0.255 e. The Labute approximate surface area is 207 Å². The number of carbonyl (C=O) groups is 1. The molecule has 0 bridgehead atoms. The topological polar surface area (TPSA) is 104 Å². The van der Waals surface area contributed by atoms with Gasteiger partial charge >= 0.3 is 0 Å². The van der Waals surface area contributed by atoms with Crippen molar-refractivity contribution in [3.63, 3.8) is 0 Å². The first-order chi connectivity index (χ1) is 16.6. The molecular formula is C25H29N3O5S2. The highest BCUT2D eigenvalue weighted by molar-refractivity contribution is 7.89. The van der Waals surface area contributed by atoms with Gasteiger partial charge in [0.1, 0.15) is 0 Å². The molecule has 0 aliphatic rings. The summed E-state index contributed by atoms with van der Waals surface area (Å²) in [6.45, 7) is 4.50. The number of anilines is 1. The van der Waals surface area contributed by atoms with E-state index in [0.29, 0.717) is 18.8 Å². The number of carbonyl (C=O) groups excluding carboxylic acids is 1. The number of benzene rings is 3. The average molecular weight is 516 g/mol. The van der Waals surface area contributed by atoms with Crippen molar-refractivity contribution in [2.75, 3.05) is 25.5 Å². The van der Waals surface area contributed by atoms with Crippen molar-refractivity contribution in [3.05, 3.63) is 90.0 Å². The van der Waals surface area contributed by atoms with Crippen molar-refractivity contribution in [3.8, 4) is 0 Å². The minimum atomic E-state index is -3.73. The van der Waals surface area contributed by atoms with Gasteiger partial charge in [-0.3, -0.25) is 4.79 Å². The molecule has 10 heteroatoms. The van der Waals surface area contributed by atoms with Gasteiger partial charge in [0.05, 0.1) is 9.79 Å². The van der Waals surface area contributed by atoms with Crippen molar-refractivity contribution < 1.29 is 21.6 Å². The molecule has 0 unspecified atom stereocenters. The highest BCUT2D eigenvalue weighted by Crippen LogP contribution is 2.20. The van der Waals surface area contributed by atoms with Gasteiger partial charge in [0, 0.05) is 37.9 Å². The van der Waals surface area contributed by atoms with Crippen LogP contribution in [-0.4, -0.2) is 51.5 Å². The van der Waals surface area contributed by atoms with Gasteiger partial charge in [-0.05, 0) is 54.1 Å². The molecule has 3 aromatic carbocycles. The number of hydrogen-bond acceptors (Lipinski definition) is 5. The molecule has 0 aliphatic carbocycles. The van der Waals surface area contributed by atoms with E-state index in [-0.39, 0.29) is 21.9 Å². The molecule has 3 aromatic rings. The maximum absolute atomic E-state index is 12.9. The average Bonchev–Trinajstić information content (AvgIpc) is 2.85. The number of nitrogens with zero attached hydrogens (tertiary/aromatic N) is 2. The van der Waals surface area contributed by atoms with Crippen LogP contribution in [0.1, 0.15) is 29.8 Å². The van der Waals surface area contributed by atoms with E-state index in [1.807, 2.05) is 30.3 Å². The molecule has 0 saturated carbocycles. The highest BCUT2D eigenvalue weighted by Gasteiger charge is 2.22. The summed E-state index contributed by atoms with van der Waals surface area (Å²) in [6.07, 6.45) is 0. The molecule has 3 rings (SSSR count). The van der Waals surface area contributed by atoms with Gasteiger partial charge in [-0.2, -0.15) is 8.61 Å². The lowest BCUT2D eigenvalue weighted by Crippen LogP contribution is -2.30. The zero-order chi connectivity index (χ0) is 25.6. The SMILES string of the molecule is CCN(CC)S(=O)(=O)c1ccc(NC(=O)c2ccc(S(=O)(=O)N(C)Cc3ccccc3)cc2)cc1. The van der Waals surface area contributed by atoms with Crippen molar-refractivity contribution in [1.82, 2.24) is 8.61 Å². The van der Waals surface area contributed by atoms with Gasteiger partial charge in [0.15, 0.2) is 0 Å². The van der Waals surface area contributed by atoms with E-state index in [2.05, 4.69) is 5.32 Å². The molecule has 0 saturated heterocycles. The summed E-state index contributed by atoms with van der Waals surface area (Å²) in [4.78, 5) is 12.9. The second kappa shape index (κ2) is 11.1. The minimum absolute atomic E-state index is 0.0819. The Morgan fingerprint density at radius 1 is 0.743 bits per heavy atom. The second-order valence-electron chi connectivity index (χ2n) is 7.84. The first-order valence-corrected chi connectivity index (χ1v) is 14.0. The predicted molar refractivity (Wildman–Crippen MR) is 136 cm³/mol. The predicted octanol–water partition coefficient (Wildman–Crippen LogP) is 3.79. The van der Waals surface area contributed by atoms with Gasteiger partial charge in [-0.15, -0.1) is 0 Å². The lowest BCUT2D eigenvalue weighted by Gasteiger charge is -2.18. The first-order valence-electron chi connectivity index (χ1n) is 11.1. The fourth-order valence-corrected chi connectivity index (χ4v) is 6.13. The van der Waals surface area contributed by atoms with Crippen LogP contribution >= 0.6 is 0 Å². The zero-order valence-corrected chi connectivity index (χ0v) is 21.5. The van der Waals surface area contributed by atoms with Gasteiger partial charge < -0.3 is 5.32 Å². The fraction of sp³-hybridized carbons (Fsp3) is 0.240. The molecule has 0 atom stereocenters. The fourth-order valence-electron chi connectivity index (χ4n) is 3.51. The van der Waals surface area contributed by atoms with Crippen molar-refractivity contribution in [2.24, 2.45) is 0 Å². The van der Waals surface area contributed by atoms with Crippen LogP contribution in [0.4, 0.5) is 5.69 Å². The molecule has 186 valence electrons. The number of hydrogen-bond donors (Lipinski definition) is 1. The minimum Gasteiger partial charge on any atom is -0.322 e. The molecule has 0 aromatic heterocycles. The Morgan fingerprint density at radius 3 is 1.80 bits per heavy atom. The van der Waals surface area contributed by atoms with Crippen LogP contribution in [0, 0.1) is 0 Å². The summed E-state index contributed by atoms with van der Waals surface area (Å²) in [5.74, 6) is -0.439. The van der Waals surface area contributed by atoms with Crippen LogP contribution in [0.3, 0.4) is 0 Å². The van der Waals surface area contributed by atoms with Gasteiger partial charge in [-0.25, -0.2) is 16.8 Å². The summed E-state index contributed by atoms with van der Waals surface area (Å²) in [7, 11) is -5.81. The second-order valence-corrected chi connectivity index (χ2v) is 11.8. The van der Waals surface area contributed by atoms with Crippen LogP contribution in [-0.2, 0) is 26.6 Å². The summed E-state index contributed by atoms with van der Waals surface area (Å²) < 4.78 is 53.6. The third-order valence-electron chi connectivity index (χ3n) is 5.53. The molecule has 0 heterocycles. The first kappa shape index (κ1) is 26.6. The zero-order valence-electron chi connectivity index (χ0n) is 19.9. The number of amides is 1. The molecule has 1 N–H and O–H groups in total. The van der Waals surface area contributed by atoms with Crippen LogP contribution in [0.15, 0.2) is 88.7 Å². The number of sulfonamides is 2. The summed E-state index contributed by atoms with van der Waals surface area (Å²) in [5, 5.41) is 2.70. The Hall–Kier alpha value is -3.05. The molecule has 1 amide bonds. The molecule has 0 radical (unpaired) electrons. The standard InChI is InChI=1S/C25H29N3O5S2/c1-4-28(5-2)35(32,33)24-17-13-22(14-18-24)26-25(29)21-11-15-23(16-12-21)34(30,31)27(3)19-20-9-7-6-8-10-20/h6-18H,4-5,19H2,1-3H3,(H,26,29). The quantitative estimate of drug-likeness (QED) is 0.442. The van der Waals surface area contributed by atoms with Crippen LogP contribution in [0.2, 0.25) is 0 Å². The van der Waals surface area contributed by atoms with Crippen molar-refractivity contribution in [1.29, 1.82) is 0 Å². The maximum atomic E-state index is 12.9. The van der Waals surface area contributed by atoms with Crippen molar-refractivity contribution >= 4 is 31.6 Å². The number of nitrogens with one attached hydrogen (secondary N) is 1. The normalized spacial score (nSPS) is 12.1. The van der Waals surface area contributed by atoms with E-state index in [9.17, 15) is 21.6 Å². The third kappa shape index (κ3) is 6.15. The Morgan fingerprint density at radius 2 is 1.26 bits per heavy atom. The largest absolute Gasteiger partial charge is 0.322 e. The Balaban J connectivity index is 1.69. The van der Waals surface area contributed by atoms with Gasteiger partial charge in [0.25, 0.3) is 5.91 Å². The van der Waals surface area contributed by atoms with E-state index >= 15 is 0 Å². The van der Waals surface area contributed by atoms with Crippen LogP contribution < -0.4 is 5.32 Å². The van der Waals surface area contributed by atoms with E-state index in [0.717, 1.165) is 5.56 Å². The van der Waals surface area contributed by atoms with Crippen LogP contribution in [0.5, 0.6) is 0 Å². The van der Waals surface area contributed by atoms with Gasteiger partial charge in [-0.1, -0.05) is 44.2 Å². The van der Waals surface area contributed by atoms with Crippen LogP contribution in [0.25, 0.3) is 0 Å². The lowest BCUT2D eigenvalue weighted by molar-refractivity contribution is 0.102. The Bertz CT molecular complexity index is 1350. The molecular weight excluding hydrogens is 486 g/mol. The highest BCUT2D eigenvalue weighted by atomic mass is 32.2. The summed E-state index contributed by atoms with van der Waals surface area (Å²) in [6, 6.07) is 20.9.